The lowest BCUT2D eigenvalue weighted by Gasteiger charge is -2.41. The average Bonchev–Trinajstić information content (AvgIpc) is 3.22. The van der Waals surface area contributed by atoms with Crippen LogP contribution < -0.4 is 11.1 Å². The molecule has 0 bridgehead atoms. The molecule has 1 fully saturated rings. The van der Waals surface area contributed by atoms with E-state index in [1.165, 1.54) is 0 Å². The standard InChI is InChI=1S/C23H26F3N7O/c1-13-8-16(29-20(9-13)30-19-10-15(6-7-28-19)23(24,25)26)17-12-33(32-31-17)18-5-4-14(21(27)34)11-22(18,2)3/h6-10,12,14,18H,4-5,11H2,1-3H3,(H2,27,34)(H,28,29,30). The average molecular weight is 474 g/mol. The van der Waals surface area contributed by atoms with Crippen molar-refractivity contribution in [2.24, 2.45) is 17.1 Å². The summed E-state index contributed by atoms with van der Waals surface area (Å²) in [5.74, 6) is -0.0370. The van der Waals surface area contributed by atoms with E-state index in [0.717, 1.165) is 30.3 Å². The predicted octanol–water partition coefficient (Wildman–Crippen LogP) is 4.66. The molecular formula is C23H26F3N7O. The van der Waals surface area contributed by atoms with Crippen molar-refractivity contribution in [3.8, 4) is 11.4 Å². The number of rotatable bonds is 5. The van der Waals surface area contributed by atoms with Gasteiger partial charge in [-0.2, -0.15) is 13.2 Å². The Morgan fingerprint density at radius 2 is 1.94 bits per heavy atom. The van der Waals surface area contributed by atoms with Gasteiger partial charge in [-0.3, -0.25) is 4.79 Å². The third-order valence-corrected chi connectivity index (χ3v) is 6.27. The first-order valence-electron chi connectivity index (χ1n) is 10.9. The van der Waals surface area contributed by atoms with Gasteiger partial charge in [-0.25, -0.2) is 14.6 Å². The molecule has 1 saturated carbocycles. The molecule has 180 valence electrons. The van der Waals surface area contributed by atoms with Crippen molar-refractivity contribution in [3.63, 3.8) is 0 Å². The maximum Gasteiger partial charge on any atom is 0.416 e. The number of halogens is 3. The van der Waals surface area contributed by atoms with Crippen molar-refractivity contribution < 1.29 is 18.0 Å². The zero-order valence-corrected chi connectivity index (χ0v) is 19.1. The molecule has 34 heavy (non-hydrogen) atoms. The molecule has 2 atom stereocenters. The van der Waals surface area contributed by atoms with E-state index in [4.69, 9.17) is 5.73 Å². The molecule has 3 aromatic heterocycles. The normalized spacial score (nSPS) is 20.2. The van der Waals surface area contributed by atoms with Crippen LogP contribution in [0.1, 0.15) is 50.3 Å². The van der Waals surface area contributed by atoms with Crippen LogP contribution >= 0.6 is 0 Å². The van der Waals surface area contributed by atoms with Gasteiger partial charge in [0.25, 0.3) is 0 Å². The number of nitrogens with zero attached hydrogens (tertiary/aromatic N) is 5. The second-order valence-electron chi connectivity index (χ2n) is 9.44. The summed E-state index contributed by atoms with van der Waals surface area (Å²) in [4.78, 5) is 20.1. The van der Waals surface area contributed by atoms with E-state index in [-0.39, 0.29) is 29.1 Å². The minimum Gasteiger partial charge on any atom is -0.369 e. The van der Waals surface area contributed by atoms with Gasteiger partial charge < -0.3 is 11.1 Å². The number of hydrogen-bond donors (Lipinski definition) is 2. The first-order valence-corrected chi connectivity index (χ1v) is 10.9. The summed E-state index contributed by atoms with van der Waals surface area (Å²) >= 11 is 0. The molecule has 1 aliphatic carbocycles. The molecule has 0 aromatic carbocycles. The van der Waals surface area contributed by atoms with Gasteiger partial charge in [-0.05, 0) is 61.4 Å². The zero-order valence-electron chi connectivity index (χ0n) is 19.1. The second-order valence-corrected chi connectivity index (χ2v) is 9.44. The van der Waals surface area contributed by atoms with Gasteiger partial charge in [0, 0.05) is 12.1 Å². The molecule has 8 nitrogen and oxygen atoms in total. The van der Waals surface area contributed by atoms with Gasteiger partial charge in [0.2, 0.25) is 5.91 Å². The first-order chi connectivity index (χ1) is 15.9. The molecule has 0 saturated heterocycles. The molecule has 0 radical (unpaired) electrons. The summed E-state index contributed by atoms with van der Waals surface area (Å²) in [5, 5.41) is 11.4. The van der Waals surface area contributed by atoms with Gasteiger partial charge >= 0.3 is 6.18 Å². The number of nitrogens with two attached hydrogens (primary N) is 1. The Morgan fingerprint density at radius 3 is 2.62 bits per heavy atom. The topological polar surface area (TPSA) is 112 Å². The number of anilines is 2. The van der Waals surface area contributed by atoms with E-state index in [1.54, 1.807) is 10.7 Å². The van der Waals surface area contributed by atoms with Crippen molar-refractivity contribution in [2.75, 3.05) is 5.32 Å². The number of alkyl halides is 3. The SMILES string of the molecule is Cc1cc(Nc2cc(C(F)(F)F)ccn2)nc(-c2cn(C3CCC(C(N)=O)CC3(C)C)nn2)c1. The Morgan fingerprint density at radius 1 is 1.18 bits per heavy atom. The first kappa shape index (κ1) is 23.7. The lowest BCUT2D eigenvalue weighted by Crippen LogP contribution is -2.39. The third-order valence-electron chi connectivity index (χ3n) is 6.27. The predicted molar refractivity (Wildman–Crippen MR) is 120 cm³/mol. The minimum atomic E-state index is -4.46. The second kappa shape index (κ2) is 8.69. The molecule has 11 heteroatoms. The van der Waals surface area contributed by atoms with Crippen LogP contribution in [0.15, 0.2) is 36.7 Å². The summed E-state index contributed by atoms with van der Waals surface area (Å²) in [6, 6.07) is 5.43. The molecule has 0 aliphatic heterocycles. The molecule has 1 aliphatic rings. The molecule has 3 heterocycles. The molecule has 3 N–H and O–H groups in total. The monoisotopic (exact) mass is 473 g/mol. The van der Waals surface area contributed by atoms with Crippen LogP contribution in [0.25, 0.3) is 11.4 Å². The minimum absolute atomic E-state index is 0.0375. The smallest absolute Gasteiger partial charge is 0.369 e. The van der Waals surface area contributed by atoms with Gasteiger partial charge in [-0.15, -0.1) is 5.10 Å². The number of carbonyl (C=O) groups excluding carboxylic acids is 1. The van der Waals surface area contributed by atoms with Crippen molar-refractivity contribution in [1.29, 1.82) is 0 Å². The van der Waals surface area contributed by atoms with Crippen molar-refractivity contribution >= 4 is 17.5 Å². The van der Waals surface area contributed by atoms with Crippen LogP contribution in [-0.2, 0) is 11.0 Å². The highest BCUT2D eigenvalue weighted by molar-refractivity contribution is 5.76. The van der Waals surface area contributed by atoms with Gasteiger partial charge in [0.15, 0.2) is 0 Å². The highest BCUT2D eigenvalue weighted by Gasteiger charge is 2.40. The quantitative estimate of drug-likeness (QED) is 0.558. The molecule has 3 aromatic rings. The summed E-state index contributed by atoms with van der Waals surface area (Å²) in [7, 11) is 0. The van der Waals surface area contributed by atoms with E-state index in [9.17, 15) is 18.0 Å². The number of carbonyl (C=O) groups is 1. The van der Waals surface area contributed by atoms with Crippen LogP contribution in [-0.4, -0.2) is 30.9 Å². The number of nitrogens with one attached hydrogen (secondary N) is 1. The Bertz CT molecular complexity index is 1210. The molecular weight excluding hydrogens is 447 g/mol. The van der Waals surface area contributed by atoms with E-state index < -0.39 is 11.7 Å². The van der Waals surface area contributed by atoms with E-state index >= 15 is 0 Å². The van der Waals surface area contributed by atoms with Crippen LogP contribution in [0.3, 0.4) is 0 Å². The Hall–Kier alpha value is -3.50. The third kappa shape index (κ3) is 5.02. The maximum absolute atomic E-state index is 13.0. The van der Waals surface area contributed by atoms with Crippen LogP contribution in [0.5, 0.6) is 0 Å². The van der Waals surface area contributed by atoms with Crippen LogP contribution in [0.2, 0.25) is 0 Å². The Labute approximate surface area is 194 Å². The fourth-order valence-electron chi connectivity index (χ4n) is 4.57. The van der Waals surface area contributed by atoms with Crippen molar-refractivity contribution in [3.05, 3.63) is 47.8 Å². The number of amides is 1. The number of aryl methyl sites for hydroxylation is 1. The van der Waals surface area contributed by atoms with Gasteiger partial charge in [-0.1, -0.05) is 19.1 Å². The Kier molecular flexibility index (Phi) is 6.05. The largest absolute Gasteiger partial charge is 0.416 e. The number of primary amides is 1. The maximum atomic E-state index is 13.0. The summed E-state index contributed by atoms with van der Waals surface area (Å²) < 4.78 is 40.9. The highest BCUT2D eigenvalue weighted by atomic mass is 19.4. The van der Waals surface area contributed by atoms with Crippen molar-refractivity contribution in [2.45, 2.75) is 52.3 Å². The van der Waals surface area contributed by atoms with E-state index in [1.807, 2.05) is 19.2 Å². The number of hydrogen-bond acceptors (Lipinski definition) is 6. The van der Waals surface area contributed by atoms with E-state index in [2.05, 4.69) is 39.4 Å². The summed E-state index contributed by atoms with van der Waals surface area (Å²) in [6.45, 7) is 6.03. The fourth-order valence-corrected chi connectivity index (χ4v) is 4.57. The molecule has 2 unspecified atom stereocenters. The Balaban J connectivity index is 1.57. The van der Waals surface area contributed by atoms with E-state index in [0.29, 0.717) is 30.0 Å². The lowest BCUT2D eigenvalue weighted by molar-refractivity contribution is -0.137. The highest BCUT2D eigenvalue weighted by Crippen LogP contribution is 2.46. The lowest BCUT2D eigenvalue weighted by atomic mass is 9.68. The van der Waals surface area contributed by atoms with Crippen molar-refractivity contribution in [1.82, 2.24) is 25.0 Å². The molecule has 1 amide bonds. The summed E-state index contributed by atoms with van der Waals surface area (Å²) in [6.07, 6.45) is 0.557. The molecule has 0 spiro atoms. The summed E-state index contributed by atoms with van der Waals surface area (Å²) in [5.41, 5.74) is 6.43. The molecule has 4 rings (SSSR count). The van der Waals surface area contributed by atoms with Crippen LogP contribution in [0.4, 0.5) is 24.8 Å². The number of pyridine rings is 2. The zero-order chi connectivity index (χ0) is 24.7. The van der Waals surface area contributed by atoms with Gasteiger partial charge in [0.05, 0.1) is 23.5 Å². The van der Waals surface area contributed by atoms with Gasteiger partial charge in [0.1, 0.15) is 17.3 Å². The fraction of sp³-hybridized carbons (Fsp3) is 0.435. The van der Waals surface area contributed by atoms with Crippen LogP contribution in [0, 0.1) is 18.3 Å². The number of aromatic nitrogens is 5.